The summed E-state index contributed by atoms with van der Waals surface area (Å²) in [5.74, 6) is -1.80. The monoisotopic (exact) mass is 451 g/mol. The molecule has 4 aliphatic rings. The van der Waals surface area contributed by atoms with Gasteiger partial charge in [0.25, 0.3) is 0 Å². The van der Waals surface area contributed by atoms with Crippen LogP contribution in [0.2, 0.25) is 0 Å². The number of imide groups is 1. The van der Waals surface area contributed by atoms with Crippen molar-refractivity contribution in [3.8, 4) is 0 Å². The molecule has 3 aromatic rings. The number of carbonyl (C=O) groups is 3. The highest BCUT2D eigenvalue weighted by atomic mass is 16.5. The zero-order valence-corrected chi connectivity index (χ0v) is 18.9. The second-order valence-corrected chi connectivity index (χ2v) is 9.31. The molecule has 1 heterocycles. The number of carbonyl (C=O) groups excluding carboxylic acids is 3. The summed E-state index contributed by atoms with van der Waals surface area (Å²) in [6.45, 7) is 2.42. The summed E-state index contributed by atoms with van der Waals surface area (Å²) in [5, 5.41) is 0. The Labute approximate surface area is 198 Å². The summed E-state index contributed by atoms with van der Waals surface area (Å²) >= 11 is 0. The maximum Gasteiger partial charge on any atom is 0.338 e. The number of amides is 2. The lowest BCUT2D eigenvalue weighted by Gasteiger charge is -2.45. The third-order valence-corrected chi connectivity index (χ3v) is 7.54. The van der Waals surface area contributed by atoms with Crippen LogP contribution in [-0.2, 0) is 14.3 Å². The minimum absolute atomic E-state index is 0.128. The summed E-state index contributed by atoms with van der Waals surface area (Å²) in [6.07, 6.45) is 1.76. The number of benzene rings is 3. The predicted octanol–water partition coefficient (Wildman–Crippen LogP) is 5.04. The van der Waals surface area contributed by atoms with E-state index in [1.807, 2.05) is 31.2 Å². The molecule has 2 amide bonds. The van der Waals surface area contributed by atoms with E-state index in [2.05, 4.69) is 24.3 Å². The smallest absolute Gasteiger partial charge is 0.338 e. The van der Waals surface area contributed by atoms with E-state index in [9.17, 15) is 14.4 Å². The first-order chi connectivity index (χ1) is 16.6. The van der Waals surface area contributed by atoms with Gasteiger partial charge >= 0.3 is 5.97 Å². The molecule has 1 saturated heterocycles. The van der Waals surface area contributed by atoms with Crippen LogP contribution >= 0.6 is 0 Å². The van der Waals surface area contributed by atoms with Crippen molar-refractivity contribution < 1.29 is 19.1 Å². The Morgan fingerprint density at radius 2 is 1.24 bits per heavy atom. The van der Waals surface area contributed by atoms with Crippen LogP contribution in [0, 0.1) is 11.8 Å². The summed E-state index contributed by atoms with van der Waals surface area (Å²) in [7, 11) is 0. The first kappa shape index (κ1) is 20.8. The summed E-state index contributed by atoms with van der Waals surface area (Å²) in [4.78, 5) is 41.1. The normalized spacial score (nSPS) is 24.0. The highest BCUT2D eigenvalue weighted by Crippen LogP contribution is 2.61. The molecule has 3 aromatic carbocycles. The van der Waals surface area contributed by atoms with Gasteiger partial charge in [-0.15, -0.1) is 0 Å². The number of anilines is 1. The zero-order valence-electron chi connectivity index (χ0n) is 18.9. The first-order valence-electron chi connectivity index (χ1n) is 11.9. The van der Waals surface area contributed by atoms with Crippen molar-refractivity contribution in [3.63, 3.8) is 0 Å². The van der Waals surface area contributed by atoms with E-state index in [0.717, 1.165) is 35.1 Å². The Morgan fingerprint density at radius 1 is 0.765 bits per heavy atom. The summed E-state index contributed by atoms with van der Waals surface area (Å²) < 4.78 is 5.27. The van der Waals surface area contributed by atoms with Crippen molar-refractivity contribution in [2.24, 2.45) is 11.8 Å². The molecule has 2 bridgehead atoms. The van der Waals surface area contributed by atoms with Crippen LogP contribution in [0.5, 0.6) is 0 Å². The predicted molar refractivity (Wildman–Crippen MR) is 128 cm³/mol. The van der Waals surface area contributed by atoms with E-state index in [0.29, 0.717) is 17.9 Å². The van der Waals surface area contributed by atoms with Crippen LogP contribution in [0.4, 0.5) is 5.69 Å². The van der Waals surface area contributed by atoms with Crippen LogP contribution in [0.1, 0.15) is 64.2 Å². The first-order valence-corrected chi connectivity index (χ1v) is 11.9. The maximum atomic E-state index is 13.8. The molecule has 0 aromatic heterocycles. The van der Waals surface area contributed by atoms with Crippen molar-refractivity contribution in [3.05, 3.63) is 101 Å². The molecule has 0 unspecified atom stereocenters. The fourth-order valence-electron chi connectivity index (χ4n) is 6.07. The van der Waals surface area contributed by atoms with E-state index in [1.165, 1.54) is 4.90 Å². The number of hydrogen-bond donors (Lipinski definition) is 0. The minimum Gasteiger partial charge on any atom is -0.462 e. The third kappa shape index (κ3) is 2.89. The van der Waals surface area contributed by atoms with Gasteiger partial charge < -0.3 is 4.74 Å². The van der Waals surface area contributed by atoms with Crippen LogP contribution in [0.25, 0.3) is 0 Å². The van der Waals surface area contributed by atoms with Crippen molar-refractivity contribution in [2.45, 2.75) is 31.6 Å². The number of esters is 1. The highest BCUT2D eigenvalue weighted by Gasteiger charge is 2.61. The van der Waals surface area contributed by atoms with Crippen LogP contribution in [-0.4, -0.2) is 24.4 Å². The van der Waals surface area contributed by atoms with E-state index in [4.69, 9.17) is 4.74 Å². The molecule has 1 fully saturated rings. The average molecular weight is 452 g/mol. The minimum atomic E-state index is -0.416. The molecule has 34 heavy (non-hydrogen) atoms. The third-order valence-electron chi connectivity index (χ3n) is 7.54. The fourth-order valence-corrected chi connectivity index (χ4v) is 6.07. The molecule has 1 aliphatic heterocycles. The van der Waals surface area contributed by atoms with E-state index >= 15 is 0 Å². The summed E-state index contributed by atoms with van der Waals surface area (Å²) in [5.41, 5.74) is 5.53. The maximum absolute atomic E-state index is 13.8. The van der Waals surface area contributed by atoms with Crippen LogP contribution in [0.3, 0.4) is 0 Å². The molecular weight excluding hydrogens is 426 g/mol. The SMILES string of the molecule is CCCCOC(=O)c1ccc(N2C(=O)[C@@H]3C4c5ccccc5C(c5ccccc54)[C@H]3C2=O)cc1. The van der Waals surface area contributed by atoms with Gasteiger partial charge in [0.15, 0.2) is 0 Å². The Balaban J connectivity index is 1.36. The van der Waals surface area contributed by atoms with Crippen molar-refractivity contribution in [1.29, 1.82) is 0 Å². The largest absolute Gasteiger partial charge is 0.462 e. The van der Waals surface area contributed by atoms with Gasteiger partial charge in [-0.05, 0) is 52.9 Å². The van der Waals surface area contributed by atoms with E-state index < -0.39 is 17.8 Å². The molecule has 3 aliphatic carbocycles. The Morgan fingerprint density at radius 3 is 1.68 bits per heavy atom. The Kier molecular flexibility index (Phi) is 4.87. The quantitative estimate of drug-likeness (QED) is 0.310. The zero-order chi connectivity index (χ0) is 23.4. The van der Waals surface area contributed by atoms with Gasteiger partial charge in [-0.1, -0.05) is 61.9 Å². The van der Waals surface area contributed by atoms with Gasteiger partial charge in [-0.2, -0.15) is 0 Å². The topological polar surface area (TPSA) is 63.7 Å². The van der Waals surface area contributed by atoms with Gasteiger partial charge in [0.05, 0.1) is 29.7 Å². The van der Waals surface area contributed by atoms with Gasteiger partial charge in [-0.3, -0.25) is 9.59 Å². The van der Waals surface area contributed by atoms with Gasteiger partial charge in [0.2, 0.25) is 11.8 Å². The molecule has 170 valence electrons. The number of hydrogen-bond acceptors (Lipinski definition) is 4. The molecule has 0 saturated carbocycles. The van der Waals surface area contributed by atoms with Gasteiger partial charge in [0, 0.05) is 11.8 Å². The number of nitrogens with zero attached hydrogens (tertiary/aromatic N) is 1. The van der Waals surface area contributed by atoms with Crippen molar-refractivity contribution in [1.82, 2.24) is 0 Å². The molecule has 7 rings (SSSR count). The molecular formula is C29H25NO4. The summed E-state index contributed by atoms with van der Waals surface area (Å²) in [6, 6.07) is 23.0. The van der Waals surface area contributed by atoms with E-state index in [1.54, 1.807) is 24.3 Å². The lowest BCUT2D eigenvalue weighted by Crippen LogP contribution is -2.41. The lowest BCUT2D eigenvalue weighted by molar-refractivity contribution is -0.122. The standard InChI is InChI=1S/C29H25NO4/c1-2-3-16-34-29(33)17-12-14-18(15-13-17)30-27(31)25-23-19-8-4-5-9-20(19)24(26(25)28(30)32)22-11-7-6-10-21(22)23/h4-15,23-26H,2-3,16H2,1H3/t23?,24?,25-,26-/m1/s1. The average Bonchev–Trinajstić information content (AvgIpc) is 3.14. The molecule has 2 atom stereocenters. The van der Waals surface area contributed by atoms with Gasteiger partial charge in [0.1, 0.15) is 0 Å². The Hall–Kier alpha value is -3.73. The van der Waals surface area contributed by atoms with Crippen LogP contribution < -0.4 is 4.90 Å². The molecule has 5 nitrogen and oxygen atoms in total. The second-order valence-electron chi connectivity index (χ2n) is 9.31. The molecule has 0 N–H and O–H groups in total. The van der Waals surface area contributed by atoms with Crippen molar-refractivity contribution >= 4 is 23.5 Å². The number of unbranched alkanes of at least 4 members (excludes halogenated alkanes) is 1. The Bertz CT molecular complexity index is 1200. The highest BCUT2D eigenvalue weighted by molar-refractivity contribution is 6.23. The van der Waals surface area contributed by atoms with Crippen LogP contribution in [0.15, 0.2) is 72.8 Å². The van der Waals surface area contributed by atoms with Crippen molar-refractivity contribution in [2.75, 3.05) is 11.5 Å². The lowest BCUT2D eigenvalue weighted by atomic mass is 9.55. The second kappa shape index (κ2) is 7.94. The molecule has 5 heteroatoms. The number of ether oxygens (including phenoxy) is 1. The molecule has 0 spiro atoms. The number of rotatable bonds is 5. The van der Waals surface area contributed by atoms with E-state index in [-0.39, 0.29) is 23.7 Å². The fraction of sp³-hybridized carbons (Fsp3) is 0.276. The van der Waals surface area contributed by atoms with Gasteiger partial charge in [-0.25, -0.2) is 9.69 Å². The molecule has 0 radical (unpaired) electrons.